The molecule has 1 fully saturated rings. The zero-order valence-corrected chi connectivity index (χ0v) is 18.6. The number of halogens is 1. The SMILES string of the molecule is COc1ccc([N+](=O)[O-])cc1NC(=O)C1CCN(Cc2nc(-c3ccc(Cl)cc3)no2)CC1. The van der Waals surface area contributed by atoms with E-state index in [9.17, 15) is 14.9 Å². The molecule has 33 heavy (non-hydrogen) atoms. The first kappa shape index (κ1) is 22.7. The molecule has 10 nitrogen and oxygen atoms in total. The monoisotopic (exact) mass is 471 g/mol. The number of piperidine rings is 1. The van der Waals surface area contributed by atoms with Crippen LogP contribution in [0.15, 0.2) is 47.0 Å². The van der Waals surface area contributed by atoms with Gasteiger partial charge in [0.15, 0.2) is 0 Å². The van der Waals surface area contributed by atoms with E-state index in [1.807, 2.05) is 12.1 Å². The number of nitrogens with one attached hydrogen (secondary N) is 1. The minimum atomic E-state index is -0.510. The average Bonchev–Trinajstić information content (AvgIpc) is 3.28. The van der Waals surface area contributed by atoms with Gasteiger partial charge in [-0.25, -0.2) is 0 Å². The summed E-state index contributed by atoms with van der Waals surface area (Å²) in [5.41, 5.74) is 1.000. The molecular formula is C22H22ClN5O5. The molecule has 2 aromatic carbocycles. The number of benzene rings is 2. The van der Waals surface area contributed by atoms with Gasteiger partial charge in [-0.2, -0.15) is 4.98 Å². The Kier molecular flexibility index (Phi) is 6.85. The fourth-order valence-corrected chi connectivity index (χ4v) is 3.85. The highest BCUT2D eigenvalue weighted by Crippen LogP contribution is 2.30. The van der Waals surface area contributed by atoms with Crippen molar-refractivity contribution in [2.45, 2.75) is 19.4 Å². The van der Waals surface area contributed by atoms with Gasteiger partial charge in [0.1, 0.15) is 5.75 Å². The van der Waals surface area contributed by atoms with E-state index in [-0.39, 0.29) is 17.5 Å². The summed E-state index contributed by atoms with van der Waals surface area (Å²) in [6, 6.07) is 11.3. The summed E-state index contributed by atoms with van der Waals surface area (Å²) in [5, 5.41) is 18.5. The quantitative estimate of drug-likeness (QED) is 0.402. The van der Waals surface area contributed by atoms with Crippen molar-refractivity contribution in [3.8, 4) is 17.1 Å². The average molecular weight is 472 g/mol. The Morgan fingerprint density at radius 2 is 2.00 bits per heavy atom. The summed E-state index contributed by atoms with van der Waals surface area (Å²) in [7, 11) is 1.45. The largest absolute Gasteiger partial charge is 0.495 e. The van der Waals surface area contributed by atoms with Gasteiger partial charge in [-0.1, -0.05) is 16.8 Å². The zero-order valence-electron chi connectivity index (χ0n) is 17.9. The Morgan fingerprint density at radius 3 is 2.67 bits per heavy atom. The van der Waals surface area contributed by atoms with Crippen LogP contribution in [0.2, 0.25) is 5.02 Å². The number of ether oxygens (including phenoxy) is 1. The molecule has 1 aliphatic heterocycles. The van der Waals surface area contributed by atoms with E-state index in [2.05, 4.69) is 20.4 Å². The molecule has 4 rings (SSSR count). The first-order chi connectivity index (χ1) is 15.9. The van der Waals surface area contributed by atoms with Gasteiger partial charge in [-0.05, 0) is 56.3 Å². The fraction of sp³-hybridized carbons (Fsp3) is 0.318. The second-order valence-electron chi connectivity index (χ2n) is 7.70. The third-order valence-electron chi connectivity index (χ3n) is 5.54. The maximum Gasteiger partial charge on any atom is 0.271 e. The number of hydrogen-bond donors (Lipinski definition) is 1. The normalized spacial score (nSPS) is 14.7. The standard InChI is InChI=1S/C22H22ClN5O5/c1-32-19-7-6-17(28(30)31)12-18(19)24-22(29)15-8-10-27(11-9-15)13-20-25-21(26-33-20)14-2-4-16(23)5-3-14/h2-7,12,15H,8-11,13H2,1H3,(H,24,29). The molecule has 1 N–H and O–H groups in total. The fourth-order valence-electron chi connectivity index (χ4n) is 3.72. The predicted molar refractivity (Wildman–Crippen MR) is 121 cm³/mol. The van der Waals surface area contributed by atoms with Crippen LogP contribution < -0.4 is 10.1 Å². The summed E-state index contributed by atoms with van der Waals surface area (Å²) < 4.78 is 10.6. The number of rotatable bonds is 7. The van der Waals surface area contributed by atoms with Gasteiger partial charge >= 0.3 is 0 Å². The summed E-state index contributed by atoms with van der Waals surface area (Å²) in [6.45, 7) is 1.86. The number of nitro groups is 1. The Balaban J connectivity index is 1.32. The molecule has 0 bridgehead atoms. The van der Waals surface area contributed by atoms with Gasteiger partial charge in [-0.15, -0.1) is 0 Å². The van der Waals surface area contributed by atoms with E-state index < -0.39 is 4.92 Å². The molecule has 0 atom stereocenters. The number of carbonyl (C=O) groups is 1. The molecule has 0 unspecified atom stereocenters. The molecule has 0 aliphatic carbocycles. The van der Waals surface area contributed by atoms with Crippen molar-refractivity contribution >= 4 is 28.9 Å². The third-order valence-corrected chi connectivity index (χ3v) is 5.79. The van der Waals surface area contributed by atoms with Crippen molar-refractivity contribution in [3.05, 3.63) is 63.5 Å². The number of non-ortho nitro benzene ring substituents is 1. The minimum Gasteiger partial charge on any atom is -0.495 e. The number of likely N-dealkylation sites (tertiary alicyclic amines) is 1. The van der Waals surface area contributed by atoms with Crippen molar-refractivity contribution < 1.29 is 19.0 Å². The van der Waals surface area contributed by atoms with Gasteiger partial charge in [-0.3, -0.25) is 19.8 Å². The topological polar surface area (TPSA) is 124 Å². The lowest BCUT2D eigenvalue weighted by atomic mass is 9.95. The summed E-state index contributed by atoms with van der Waals surface area (Å²) in [4.78, 5) is 29.9. The van der Waals surface area contributed by atoms with Gasteiger partial charge in [0, 0.05) is 28.6 Å². The maximum atomic E-state index is 12.8. The van der Waals surface area contributed by atoms with Crippen molar-refractivity contribution in [2.75, 3.05) is 25.5 Å². The summed E-state index contributed by atoms with van der Waals surface area (Å²) >= 11 is 5.91. The van der Waals surface area contributed by atoms with Crippen LogP contribution in [-0.4, -0.2) is 46.1 Å². The number of methoxy groups -OCH3 is 1. The highest BCUT2D eigenvalue weighted by atomic mass is 35.5. The summed E-state index contributed by atoms with van der Waals surface area (Å²) in [5.74, 6) is 0.985. The Morgan fingerprint density at radius 1 is 1.27 bits per heavy atom. The molecule has 1 aromatic heterocycles. The van der Waals surface area contributed by atoms with Crippen LogP contribution in [0, 0.1) is 16.0 Å². The van der Waals surface area contributed by atoms with Crippen LogP contribution in [0.25, 0.3) is 11.4 Å². The molecule has 0 radical (unpaired) electrons. The molecule has 1 amide bonds. The smallest absolute Gasteiger partial charge is 0.271 e. The lowest BCUT2D eigenvalue weighted by molar-refractivity contribution is -0.384. The van der Waals surface area contributed by atoms with Crippen molar-refractivity contribution in [1.29, 1.82) is 0 Å². The minimum absolute atomic E-state index is 0.113. The number of anilines is 1. The van der Waals surface area contributed by atoms with Crippen LogP contribution in [0.3, 0.4) is 0 Å². The molecule has 11 heteroatoms. The first-order valence-electron chi connectivity index (χ1n) is 10.4. The molecule has 172 valence electrons. The van der Waals surface area contributed by atoms with Crippen LogP contribution in [-0.2, 0) is 11.3 Å². The highest BCUT2D eigenvalue weighted by Gasteiger charge is 2.27. The second kappa shape index (κ2) is 9.97. The number of nitro benzene ring substituents is 1. The van der Waals surface area contributed by atoms with Crippen LogP contribution in [0.1, 0.15) is 18.7 Å². The van der Waals surface area contributed by atoms with Crippen LogP contribution in [0.4, 0.5) is 11.4 Å². The third kappa shape index (κ3) is 5.47. The number of carbonyl (C=O) groups excluding carboxylic acids is 1. The van der Waals surface area contributed by atoms with E-state index in [0.29, 0.717) is 60.7 Å². The molecule has 1 saturated heterocycles. The van der Waals surface area contributed by atoms with Gasteiger partial charge in [0.25, 0.3) is 5.69 Å². The number of aromatic nitrogens is 2. The van der Waals surface area contributed by atoms with Crippen LogP contribution in [0.5, 0.6) is 5.75 Å². The predicted octanol–water partition coefficient (Wildman–Crippen LogP) is 4.16. The van der Waals surface area contributed by atoms with Crippen LogP contribution >= 0.6 is 11.6 Å². The van der Waals surface area contributed by atoms with E-state index in [1.54, 1.807) is 12.1 Å². The second-order valence-corrected chi connectivity index (χ2v) is 8.14. The molecule has 0 saturated carbocycles. The zero-order chi connectivity index (χ0) is 23.4. The molecule has 0 spiro atoms. The molecular weight excluding hydrogens is 450 g/mol. The molecule has 1 aliphatic rings. The maximum absolute atomic E-state index is 12.8. The van der Waals surface area contributed by atoms with Gasteiger partial charge < -0.3 is 14.6 Å². The van der Waals surface area contributed by atoms with E-state index in [1.165, 1.54) is 25.3 Å². The Bertz CT molecular complexity index is 1140. The van der Waals surface area contributed by atoms with E-state index >= 15 is 0 Å². The van der Waals surface area contributed by atoms with Gasteiger partial charge in [0.2, 0.25) is 17.6 Å². The van der Waals surface area contributed by atoms with Crippen molar-refractivity contribution in [1.82, 2.24) is 15.0 Å². The van der Waals surface area contributed by atoms with E-state index in [4.69, 9.17) is 20.9 Å². The van der Waals surface area contributed by atoms with Gasteiger partial charge in [0.05, 0.1) is 24.3 Å². The number of hydrogen-bond acceptors (Lipinski definition) is 8. The molecule has 3 aromatic rings. The molecule has 2 heterocycles. The lowest BCUT2D eigenvalue weighted by Gasteiger charge is -2.30. The van der Waals surface area contributed by atoms with Crippen molar-refractivity contribution in [2.24, 2.45) is 5.92 Å². The number of amides is 1. The van der Waals surface area contributed by atoms with E-state index in [0.717, 1.165) is 5.56 Å². The summed E-state index contributed by atoms with van der Waals surface area (Å²) in [6.07, 6.45) is 1.28. The Labute approximate surface area is 194 Å². The Hall–Kier alpha value is -3.50. The van der Waals surface area contributed by atoms with Crippen molar-refractivity contribution in [3.63, 3.8) is 0 Å². The number of nitrogens with zero attached hydrogens (tertiary/aromatic N) is 4. The lowest BCUT2D eigenvalue weighted by Crippen LogP contribution is -2.37. The highest BCUT2D eigenvalue weighted by molar-refractivity contribution is 6.30. The first-order valence-corrected chi connectivity index (χ1v) is 10.7.